The molecule has 0 heterocycles. The second-order valence-corrected chi connectivity index (χ2v) is 5.63. The van der Waals surface area contributed by atoms with Crippen molar-refractivity contribution in [1.29, 1.82) is 0 Å². The maximum Gasteiger partial charge on any atom is 0.534 e. The predicted molar refractivity (Wildman–Crippen MR) is 72.4 cm³/mol. The van der Waals surface area contributed by atoms with Crippen molar-refractivity contribution in [2.45, 2.75) is 19.4 Å². The van der Waals surface area contributed by atoms with Crippen LogP contribution in [0.2, 0.25) is 0 Å². The van der Waals surface area contributed by atoms with Crippen molar-refractivity contribution in [1.82, 2.24) is 0 Å². The third-order valence-electron chi connectivity index (χ3n) is 2.38. The van der Waals surface area contributed by atoms with Crippen LogP contribution in [0.25, 0.3) is 6.08 Å². The zero-order valence-corrected chi connectivity index (χ0v) is 12.5. The van der Waals surface area contributed by atoms with Gasteiger partial charge in [0.25, 0.3) is 0 Å². The Labute approximate surface area is 125 Å². The van der Waals surface area contributed by atoms with Crippen LogP contribution >= 0.6 is 0 Å². The summed E-state index contributed by atoms with van der Waals surface area (Å²) in [5, 5.41) is 0. The fourth-order valence-corrected chi connectivity index (χ4v) is 1.91. The molecule has 0 saturated heterocycles. The molecule has 5 nitrogen and oxygen atoms in total. The number of carbonyl (C=O) groups is 1. The Hall–Kier alpha value is -2.03. The summed E-state index contributed by atoms with van der Waals surface area (Å²) in [7, 11) is -5.71. The number of benzene rings is 1. The van der Waals surface area contributed by atoms with Crippen LogP contribution < -0.4 is 4.18 Å². The minimum absolute atomic E-state index is 0.166. The van der Waals surface area contributed by atoms with Gasteiger partial charge in [0, 0.05) is 6.08 Å². The van der Waals surface area contributed by atoms with E-state index in [1.54, 1.807) is 6.92 Å². The fourth-order valence-electron chi connectivity index (χ4n) is 1.39. The highest BCUT2D eigenvalue weighted by molar-refractivity contribution is 7.88. The van der Waals surface area contributed by atoms with E-state index in [0.717, 1.165) is 12.1 Å². The molecule has 0 N–H and O–H groups in total. The number of halogens is 3. The van der Waals surface area contributed by atoms with Crippen LogP contribution in [0.15, 0.2) is 24.3 Å². The molecule has 1 aromatic carbocycles. The molecule has 0 radical (unpaired) electrons. The summed E-state index contributed by atoms with van der Waals surface area (Å²) in [6, 6.07) is 3.75. The van der Waals surface area contributed by atoms with Gasteiger partial charge in [-0.3, -0.25) is 0 Å². The summed E-state index contributed by atoms with van der Waals surface area (Å²) < 4.78 is 67.3. The van der Waals surface area contributed by atoms with Gasteiger partial charge in [0.15, 0.2) is 0 Å². The summed E-state index contributed by atoms with van der Waals surface area (Å²) >= 11 is 0. The van der Waals surface area contributed by atoms with Gasteiger partial charge in [-0.05, 0) is 43.2 Å². The zero-order valence-electron chi connectivity index (χ0n) is 11.7. The first-order valence-corrected chi connectivity index (χ1v) is 7.44. The molecule has 0 aliphatic rings. The Morgan fingerprint density at radius 3 is 2.45 bits per heavy atom. The van der Waals surface area contributed by atoms with E-state index in [1.165, 1.54) is 25.1 Å². The Morgan fingerprint density at radius 2 is 1.95 bits per heavy atom. The average molecular weight is 338 g/mol. The first-order valence-electron chi connectivity index (χ1n) is 6.03. The number of aryl methyl sites for hydroxylation is 1. The SMILES string of the molecule is CCOC(=O)C=Cc1ccc(OS(=O)(=O)C(F)(F)F)c(C)c1. The lowest BCUT2D eigenvalue weighted by Crippen LogP contribution is -2.28. The van der Waals surface area contributed by atoms with Crippen LogP contribution in [-0.2, 0) is 19.6 Å². The second-order valence-electron chi connectivity index (χ2n) is 4.09. The smallest absolute Gasteiger partial charge is 0.463 e. The quantitative estimate of drug-likeness (QED) is 0.357. The van der Waals surface area contributed by atoms with Gasteiger partial charge < -0.3 is 8.92 Å². The molecule has 0 aromatic heterocycles. The molecule has 9 heteroatoms. The molecule has 1 rings (SSSR count). The molecule has 0 bridgehead atoms. The van der Waals surface area contributed by atoms with Crippen LogP contribution in [-0.4, -0.2) is 26.5 Å². The molecule has 0 aliphatic heterocycles. The van der Waals surface area contributed by atoms with E-state index in [9.17, 15) is 26.4 Å². The Morgan fingerprint density at radius 1 is 1.32 bits per heavy atom. The number of hydrogen-bond acceptors (Lipinski definition) is 5. The van der Waals surface area contributed by atoms with E-state index in [1.807, 2.05) is 0 Å². The third kappa shape index (κ3) is 4.76. The topological polar surface area (TPSA) is 69.7 Å². The number of alkyl halides is 3. The number of rotatable bonds is 5. The maximum absolute atomic E-state index is 12.2. The molecule has 0 spiro atoms. The first kappa shape index (κ1) is 18.0. The van der Waals surface area contributed by atoms with Gasteiger partial charge in [-0.25, -0.2) is 4.79 Å². The molecular weight excluding hydrogens is 325 g/mol. The number of hydrogen-bond donors (Lipinski definition) is 0. The zero-order chi connectivity index (χ0) is 17.0. The lowest BCUT2D eigenvalue weighted by molar-refractivity contribution is -0.137. The van der Waals surface area contributed by atoms with E-state index in [4.69, 9.17) is 0 Å². The summed E-state index contributed by atoms with van der Waals surface area (Å²) in [5.41, 5.74) is -4.86. The van der Waals surface area contributed by atoms with Crippen molar-refractivity contribution in [2.75, 3.05) is 6.61 Å². The van der Waals surface area contributed by atoms with E-state index >= 15 is 0 Å². The van der Waals surface area contributed by atoms with Crippen molar-refractivity contribution in [3.63, 3.8) is 0 Å². The summed E-state index contributed by atoms with van der Waals surface area (Å²) in [4.78, 5) is 11.1. The van der Waals surface area contributed by atoms with Gasteiger partial charge in [-0.2, -0.15) is 21.6 Å². The van der Waals surface area contributed by atoms with Crippen LogP contribution in [0, 0.1) is 6.92 Å². The van der Waals surface area contributed by atoms with Crippen molar-refractivity contribution in [2.24, 2.45) is 0 Å². The van der Waals surface area contributed by atoms with Crippen molar-refractivity contribution < 1.29 is 35.3 Å². The predicted octanol–water partition coefficient (Wildman–Crippen LogP) is 2.80. The Balaban J connectivity index is 2.94. The van der Waals surface area contributed by atoms with Gasteiger partial charge in [0.2, 0.25) is 0 Å². The summed E-state index contributed by atoms with van der Waals surface area (Å²) in [6.45, 7) is 3.23. The fraction of sp³-hybridized carbons (Fsp3) is 0.308. The Kier molecular flexibility index (Phi) is 5.59. The largest absolute Gasteiger partial charge is 0.534 e. The van der Waals surface area contributed by atoms with Gasteiger partial charge >= 0.3 is 21.6 Å². The monoisotopic (exact) mass is 338 g/mol. The van der Waals surface area contributed by atoms with Crippen molar-refractivity contribution in [3.05, 3.63) is 35.4 Å². The summed E-state index contributed by atoms with van der Waals surface area (Å²) in [6.07, 6.45) is 2.53. The molecule has 1 aromatic rings. The molecule has 122 valence electrons. The standard InChI is InChI=1S/C13H13F3O5S/c1-3-20-12(17)7-5-10-4-6-11(9(2)8-10)21-22(18,19)13(14,15)16/h4-8H,3H2,1-2H3. The number of carbonyl (C=O) groups excluding carboxylic acids is 1. The minimum Gasteiger partial charge on any atom is -0.463 e. The maximum atomic E-state index is 12.2. The third-order valence-corrected chi connectivity index (χ3v) is 3.35. The second kappa shape index (κ2) is 6.82. The van der Waals surface area contributed by atoms with E-state index < -0.39 is 27.3 Å². The van der Waals surface area contributed by atoms with Crippen molar-refractivity contribution in [3.8, 4) is 5.75 Å². The Bertz CT molecular complexity index is 677. The van der Waals surface area contributed by atoms with E-state index in [0.29, 0.717) is 5.56 Å². The van der Waals surface area contributed by atoms with Gasteiger partial charge in [0.1, 0.15) is 5.75 Å². The lowest BCUT2D eigenvalue weighted by atomic mass is 10.1. The van der Waals surface area contributed by atoms with Crippen LogP contribution in [0.1, 0.15) is 18.1 Å². The average Bonchev–Trinajstić information content (AvgIpc) is 2.38. The minimum atomic E-state index is -5.71. The highest BCUT2D eigenvalue weighted by Gasteiger charge is 2.48. The number of ether oxygens (including phenoxy) is 1. The van der Waals surface area contributed by atoms with Gasteiger partial charge in [-0.1, -0.05) is 6.07 Å². The molecule has 0 atom stereocenters. The number of esters is 1. The molecule has 0 amide bonds. The summed E-state index contributed by atoms with van der Waals surface area (Å²) in [5.74, 6) is -1.01. The van der Waals surface area contributed by atoms with Crippen LogP contribution in [0.4, 0.5) is 13.2 Å². The normalized spacial score (nSPS) is 12.4. The lowest BCUT2D eigenvalue weighted by Gasteiger charge is -2.11. The van der Waals surface area contributed by atoms with Crippen molar-refractivity contribution >= 4 is 22.2 Å². The molecule has 0 saturated carbocycles. The first-order chi connectivity index (χ1) is 10.1. The molecule has 0 unspecified atom stereocenters. The van der Waals surface area contributed by atoms with Gasteiger partial charge in [-0.15, -0.1) is 0 Å². The highest BCUT2D eigenvalue weighted by atomic mass is 32.2. The molecule has 0 fully saturated rings. The van der Waals surface area contributed by atoms with Crippen LogP contribution in [0.3, 0.4) is 0 Å². The van der Waals surface area contributed by atoms with E-state index in [2.05, 4.69) is 8.92 Å². The molecule has 22 heavy (non-hydrogen) atoms. The van der Waals surface area contributed by atoms with Gasteiger partial charge in [0.05, 0.1) is 6.61 Å². The van der Waals surface area contributed by atoms with E-state index in [-0.39, 0.29) is 12.2 Å². The highest BCUT2D eigenvalue weighted by Crippen LogP contribution is 2.29. The van der Waals surface area contributed by atoms with Crippen LogP contribution in [0.5, 0.6) is 5.75 Å². The molecular formula is C13H13F3O5S. The molecule has 0 aliphatic carbocycles.